The smallest absolute Gasteiger partial charge is 0.254 e. The predicted octanol–water partition coefficient (Wildman–Crippen LogP) is 3.92. The fraction of sp³-hybridized carbons (Fsp3) is 0.286. The van der Waals surface area contributed by atoms with Crippen LogP contribution in [-0.2, 0) is 17.6 Å². The van der Waals surface area contributed by atoms with Crippen molar-refractivity contribution in [1.29, 1.82) is 0 Å². The van der Waals surface area contributed by atoms with E-state index in [1.54, 1.807) is 12.1 Å². The number of amides is 1. The number of rotatable bonds is 8. The molecule has 5 nitrogen and oxygen atoms in total. The van der Waals surface area contributed by atoms with E-state index >= 15 is 0 Å². The van der Waals surface area contributed by atoms with Crippen LogP contribution < -0.4 is 15.5 Å². The summed E-state index contributed by atoms with van der Waals surface area (Å²) in [6.45, 7) is 4.36. The first-order valence-corrected chi connectivity index (χ1v) is 11.8. The minimum Gasteiger partial charge on any atom is -0.368 e. The van der Waals surface area contributed by atoms with Gasteiger partial charge in [-0.05, 0) is 54.8 Å². The number of nitrogens with zero attached hydrogens (tertiary/aromatic N) is 1. The number of carbonyl (C=O) groups is 2. The lowest BCUT2D eigenvalue weighted by molar-refractivity contribution is -0.120. The number of piperazine rings is 1. The van der Waals surface area contributed by atoms with Crippen LogP contribution in [0.2, 0.25) is 0 Å². The molecule has 1 amide bonds. The summed E-state index contributed by atoms with van der Waals surface area (Å²) in [7, 11) is 0. The lowest BCUT2D eigenvalue weighted by atomic mass is 9.96. The minimum absolute atomic E-state index is 0.0551. The molecule has 0 saturated carbocycles. The highest BCUT2D eigenvalue weighted by Crippen LogP contribution is 2.24. The molecule has 35 heavy (non-hydrogen) atoms. The van der Waals surface area contributed by atoms with Crippen molar-refractivity contribution in [3.8, 4) is 0 Å². The quantitative estimate of drug-likeness (QED) is 0.517. The Bertz CT molecular complexity index is 1190. The topological polar surface area (TPSA) is 61.4 Å². The van der Waals surface area contributed by atoms with Crippen LogP contribution in [0, 0.1) is 11.6 Å². The van der Waals surface area contributed by atoms with E-state index in [-0.39, 0.29) is 30.2 Å². The van der Waals surface area contributed by atoms with Gasteiger partial charge in [-0.15, -0.1) is 0 Å². The number of carbonyl (C=O) groups excluding carboxylic acids is 2. The average Bonchev–Trinajstić information content (AvgIpc) is 2.84. The molecule has 1 aliphatic rings. The normalized spacial score (nSPS) is 16.5. The Morgan fingerprint density at radius 1 is 1.06 bits per heavy atom. The number of hydrogen-bond acceptors (Lipinski definition) is 4. The zero-order valence-electron chi connectivity index (χ0n) is 19.6. The lowest BCUT2D eigenvalue weighted by Gasteiger charge is -2.35. The Morgan fingerprint density at radius 3 is 2.54 bits per heavy atom. The van der Waals surface area contributed by atoms with Crippen LogP contribution in [0.1, 0.15) is 28.4 Å². The molecule has 3 aromatic carbocycles. The van der Waals surface area contributed by atoms with E-state index in [1.807, 2.05) is 30.3 Å². The summed E-state index contributed by atoms with van der Waals surface area (Å²) in [4.78, 5) is 28.5. The van der Waals surface area contributed by atoms with Crippen LogP contribution in [0.15, 0.2) is 72.8 Å². The highest BCUT2D eigenvalue weighted by atomic mass is 19.1. The van der Waals surface area contributed by atoms with Crippen LogP contribution in [0.3, 0.4) is 0 Å². The van der Waals surface area contributed by atoms with Crippen LogP contribution >= 0.6 is 0 Å². The standard InChI is InChI=1S/C28H29F2N3O2/c1-19-18-33(14-13-31-19)26-12-11-22(29)16-21(26)17-27(34)25(15-20-7-3-2-4-8-20)32-28(35)23-9-5-6-10-24(23)30/h2-12,16,19,25,31H,13-15,17-18H2,1H3,(H,32,35). The van der Waals surface area contributed by atoms with E-state index in [1.165, 1.54) is 30.3 Å². The van der Waals surface area contributed by atoms with Crippen molar-refractivity contribution in [2.75, 3.05) is 24.5 Å². The molecule has 1 fully saturated rings. The second-order valence-corrected chi connectivity index (χ2v) is 8.91. The van der Waals surface area contributed by atoms with Crippen molar-refractivity contribution in [2.24, 2.45) is 0 Å². The summed E-state index contributed by atoms with van der Waals surface area (Å²) < 4.78 is 28.4. The largest absolute Gasteiger partial charge is 0.368 e. The first kappa shape index (κ1) is 24.5. The summed E-state index contributed by atoms with van der Waals surface area (Å²) in [6, 6.07) is 18.8. The molecule has 4 rings (SSSR count). The number of halogens is 2. The van der Waals surface area contributed by atoms with Gasteiger partial charge in [-0.3, -0.25) is 9.59 Å². The summed E-state index contributed by atoms with van der Waals surface area (Å²) in [5.74, 6) is -2.01. The number of Topliss-reactive ketones (excluding diaryl/α,β-unsaturated/α-hetero) is 1. The summed E-state index contributed by atoms with van der Waals surface area (Å²) >= 11 is 0. The van der Waals surface area contributed by atoms with Gasteiger partial charge in [0.25, 0.3) is 5.91 Å². The van der Waals surface area contributed by atoms with Crippen molar-refractivity contribution in [3.05, 3.63) is 101 Å². The fourth-order valence-corrected chi connectivity index (χ4v) is 4.44. The molecule has 2 atom stereocenters. The van der Waals surface area contributed by atoms with E-state index < -0.39 is 23.6 Å². The van der Waals surface area contributed by atoms with Crippen LogP contribution in [0.4, 0.5) is 14.5 Å². The maximum Gasteiger partial charge on any atom is 0.254 e. The number of ketones is 1. The number of nitrogens with one attached hydrogen (secondary N) is 2. The van der Waals surface area contributed by atoms with Crippen molar-refractivity contribution in [1.82, 2.24) is 10.6 Å². The van der Waals surface area contributed by atoms with E-state index in [0.717, 1.165) is 30.9 Å². The highest BCUT2D eigenvalue weighted by Gasteiger charge is 2.26. The molecular formula is C28H29F2N3O2. The lowest BCUT2D eigenvalue weighted by Crippen LogP contribution is -2.49. The molecule has 3 aromatic rings. The number of hydrogen-bond donors (Lipinski definition) is 2. The molecule has 1 heterocycles. The maximum absolute atomic E-state index is 14.2. The second kappa shape index (κ2) is 11.2. The first-order valence-electron chi connectivity index (χ1n) is 11.8. The number of benzene rings is 3. The molecule has 0 aromatic heterocycles. The zero-order chi connectivity index (χ0) is 24.8. The fourth-order valence-electron chi connectivity index (χ4n) is 4.44. The molecule has 7 heteroatoms. The molecule has 2 N–H and O–H groups in total. The van der Waals surface area contributed by atoms with E-state index in [4.69, 9.17) is 0 Å². The van der Waals surface area contributed by atoms with Gasteiger partial charge in [0.15, 0.2) is 5.78 Å². The Kier molecular flexibility index (Phi) is 7.87. The highest BCUT2D eigenvalue weighted by molar-refractivity contribution is 5.98. The van der Waals surface area contributed by atoms with Crippen LogP contribution in [-0.4, -0.2) is 43.4 Å². The Labute approximate surface area is 204 Å². The van der Waals surface area contributed by atoms with Crippen molar-refractivity contribution >= 4 is 17.4 Å². The predicted molar refractivity (Wildman–Crippen MR) is 133 cm³/mol. The van der Waals surface area contributed by atoms with Gasteiger partial charge in [-0.25, -0.2) is 8.78 Å². The van der Waals surface area contributed by atoms with E-state index in [2.05, 4.69) is 22.5 Å². The third-order valence-corrected chi connectivity index (χ3v) is 6.21. The van der Waals surface area contributed by atoms with Gasteiger partial charge in [0.1, 0.15) is 11.6 Å². The van der Waals surface area contributed by atoms with Crippen molar-refractivity contribution < 1.29 is 18.4 Å². The van der Waals surface area contributed by atoms with E-state index in [9.17, 15) is 18.4 Å². The Morgan fingerprint density at radius 2 is 1.80 bits per heavy atom. The maximum atomic E-state index is 14.2. The first-order chi connectivity index (χ1) is 16.9. The van der Waals surface area contributed by atoms with Crippen LogP contribution in [0.25, 0.3) is 0 Å². The van der Waals surface area contributed by atoms with Crippen LogP contribution in [0.5, 0.6) is 0 Å². The number of anilines is 1. The monoisotopic (exact) mass is 477 g/mol. The van der Waals surface area contributed by atoms with Crippen molar-refractivity contribution in [3.63, 3.8) is 0 Å². The third kappa shape index (κ3) is 6.31. The van der Waals surface area contributed by atoms with E-state index in [0.29, 0.717) is 5.56 Å². The Balaban J connectivity index is 1.59. The van der Waals surface area contributed by atoms with Gasteiger partial charge in [0.05, 0.1) is 11.6 Å². The molecule has 0 aliphatic carbocycles. The van der Waals surface area contributed by atoms with Gasteiger partial charge in [0, 0.05) is 37.8 Å². The molecule has 182 valence electrons. The second-order valence-electron chi connectivity index (χ2n) is 8.91. The van der Waals surface area contributed by atoms with Gasteiger partial charge in [-0.1, -0.05) is 42.5 Å². The Hall–Kier alpha value is -3.58. The SMILES string of the molecule is CC1CN(c2ccc(F)cc2CC(=O)C(Cc2ccccc2)NC(=O)c2ccccc2F)CCN1. The molecule has 1 saturated heterocycles. The van der Waals surface area contributed by atoms with Crippen molar-refractivity contribution in [2.45, 2.75) is 31.8 Å². The molecule has 2 unspecified atom stereocenters. The molecule has 0 radical (unpaired) electrons. The summed E-state index contributed by atoms with van der Waals surface area (Å²) in [6.07, 6.45) is 0.190. The molecule has 0 bridgehead atoms. The zero-order valence-corrected chi connectivity index (χ0v) is 19.6. The van der Waals surface area contributed by atoms with Gasteiger partial charge in [0.2, 0.25) is 0 Å². The van der Waals surface area contributed by atoms with Gasteiger partial charge >= 0.3 is 0 Å². The average molecular weight is 478 g/mol. The minimum atomic E-state index is -0.900. The third-order valence-electron chi connectivity index (χ3n) is 6.21. The summed E-state index contributed by atoms with van der Waals surface area (Å²) in [5, 5.41) is 6.10. The summed E-state index contributed by atoms with van der Waals surface area (Å²) in [5.41, 5.74) is 2.11. The molecule has 0 spiro atoms. The van der Waals surface area contributed by atoms with Gasteiger partial charge in [-0.2, -0.15) is 0 Å². The molecule has 1 aliphatic heterocycles. The van der Waals surface area contributed by atoms with Gasteiger partial charge < -0.3 is 15.5 Å². The molecular weight excluding hydrogens is 448 g/mol.